The molecule has 0 unspecified atom stereocenters. The molecule has 1 heterocycles. The van der Waals surface area contributed by atoms with Crippen LogP contribution in [0.15, 0.2) is 34.8 Å². The minimum absolute atomic E-state index is 0.276. The van der Waals surface area contributed by atoms with Gasteiger partial charge in [-0.25, -0.2) is 13.8 Å². The predicted octanol–water partition coefficient (Wildman–Crippen LogP) is 3.85. The van der Waals surface area contributed by atoms with E-state index in [1.165, 1.54) is 24.3 Å². The molecule has 0 amide bonds. The molecule has 0 atom stereocenters. The van der Waals surface area contributed by atoms with Crippen LogP contribution in [-0.2, 0) is 0 Å². The third kappa shape index (κ3) is 2.08. The number of nitrogens with zero attached hydrogens (tertiary/aromatic N) is 1. The average Bonchev–Trinajstić information content (AvgIpc) is 2.72. The van der Waals surface area contributed by atoms with Crippen molar-refractivity contribution in [3.8, 4) is 11.4 Å². The second-order valence-corrected chi connectivity index (χ2v) is 4.95. The van der Waals surface area contributed by atoms with Gasteiger partial charge in [0.15, 0.2) is 0 Å². The highest BCUT2D eigenvalue weighted by Gasteiger charge is 2.11. The van der Waals surface area contributed by atoms with E-state index < -0.39 is 5.82 Å². The Balaban J connectivity index is 2.20. The molecule has 96 valence electrons. The Morgan fingerprint density at radius 2 is 1.95 bits per heavy atom. The molecule has 3 aromatic rings. The molecule has 6 heteroatoms. The van der Waals surface area contributed by atoms with Crippen LogP contribution in [0.4, 0.5) is 14.5 Å². The molecule has 19 heavy (non-hydrogen) atoms. The minimum atomic E-state index is -0.411. The fourth-order valence-electron chi connectivity index (χ4n) is 1.88. The van der Waals surface area contributed by atoms with E-state index in [1.54, 1.807) is 6.07 Å². The number of hydrogen-bond acceptors (Lipinski definition) is 2. The third-order valence-corrected chi connectivity index (χ3v) is 3.40. The van der Waals surface area contributed by atoms with E-state index in [4.69, 9.17) is 5.73 Å². The van der Waals surface area contributed by atoms with Crippen molar-refractivity contribution in [1.29, 1.82) is 0 Å². The molecule has 3 rings (SSSR count). The van der Waals surface area contributed by atoms with Crippen molar-refractivity contribution >= 4 is 32.7 Å². The number of rotatable bonds is 1. The molecule has 0 bridgehead atoms. The quantitative estimate of drug-likeness (QED) is 0.668. The molecule has 2 aromatic carbocycles. The van der Waals surface area contributed by atoms with Gasteiger partial charge in [-0.05, 0) is 40.2 Å². The lowest BCUT2D eigenvalue weighted by atomic mass is 10.1. The topological polar surface area (TPSA) is 54.7 Å². The van der Waals surface area contributed by atoms with E-state index in [9.17, 15) is 8.78 Å². The Morgan fingerprint density at radius 1 is 1.16 bits per heavy atom. The van der Waals surface area contributed by atoms with Crippen LogP contribution in [0, 0.1) is 11.6 Å². The summed E-state index contributed by atoms with van der Waals surface area (Å²) in [6.45, 7) is 0. The lowest BCUT2D eigenvalue weighted by molar-refractivity contribution is 0.623. The summed E-state index contributed by atoms with van der Waals surface area (Å²) in [5.41, 5.74) is 7.76. The van der Waals surface area contributed by atoms with E-state index in [0.717, 1.165) is 0 Å². The molecule has 0 fully saturated rings. The first-order valence-electron chi connectivity index (χ1n) is 5.45. The van der Waals surface area contributed by atoms with Gasteiger partial charge < -0.3 is 10.7 Å². The van der Waals surface area contributed by atoms with Gasteiger partial charge in [0.1, 0.15) is 17.5 Å². The van der Waals surface area contributed by atoms with Gasteiger partial charge >= 0.3 is 0 Å². The number of hydrogen-bond donors (Lipinski definition) is 2. The standard InChI is InChI=1S/C13H8BrF2N3/c14-8-4-11-12(5-9(8)16)19-13(18-11)7-2-1-6(15)3-10(7)17/h1-5H,17H2,(H,18,19). The lowest BCUT2D eigenvalue weighted by Gasteiger charge is -2.01. The van der Waals surface area contributed by atoms with E-state index >= 15 is 0 Å². The number of aromatic nitrogens is 2. The van der Waals surface area contributed by atoms with Crippen molar-refractivity contribution in [3.05, 3.63) is 46.4 Å². The summed E-state index contributed by atoms with van der Waals surface area (Å²) in [7, 11) is 0. The van der Waals surface area contributed by atoms with Gasteiger partial charge in [-0.2, -0.15) is 0 Å². The second kappa shape index (κ2) is 4.31. The van der Waals surface area contributed by atoms with Gasteiger partial charge in [-0.15, -0.1) is 0 Å². The number of imidazole rings is 1. The fourth-order valence-corrected chi connectivity index (χ4v) is 2.21. The van der Waals surface area contributed by atoms with Crippen molar-refractivity contribution in [2.75, 3.05) is 5.73 Å². The van der Waals surface area contributed by atoms with Crippen LogP contribution in [0.1, 0.15) is 0 Å². The first kappa shape index (κ1) is 12.1. The van der Waals surface area contributed by atoms with E-state index in [2.05, 4.69) is 25.9 Å². The van der Waals surface area contributed by atoms with Crippen LogP contribution in [0.5, 0.6) is 0 Å². The minimum Gasteiger partial charge on any atom is -0.398 e. The molecular weight excluding hydrogens is 316 g/mol. The first-order valence-corrected chi connectivity index (χ1v) is 6.24. The van der Waals surface area contributed by atoms with Crippen molar-refractivity contribution in [2.45, 2.75) is 0 Å². The maximum atomic E-state index is 13.4. The number of nitrogens with two attached hydrogens (primary N) is 1. The smallest absolute Gasteiger partial charge is 0.140 e. The molecular formula is C13H8BrF2N3. The van der Waals surface area contributed by atoms with Gasteiger partial charge in [0.05, 0.1) is 15.5 Å². The van der Waals surface area contributed by atoms with Crippen LogP contribution in [0.3, 0.4) is 0 Å². The molecule has 0 saturated heterocycles. The van der Waals surface area contributed by atoms with Crippen LogP contribution >= 0.6 is 15.9 Å². The maximum Gasteiger partial charge on any atom is 0.140 e. The van der Waals surface area contributed by atoms with E-state index in [0.29, 0.717) is 26.9 Å². The van der Waals surface area contributed by atoms with Gasteiger partial charge in [0.2, 0.25) is 0 Å². The average molecular weight is 324 g/mol. The highest BCUT2D eigenvalue weighted by Crippen LogP contribution is 2.28. The maximum absolute atomic E-state index is 13.4. The fraction of sp³-hybridized carbons (Fsp3) is 0. The molecule has 0 aliphatic rings. The number of halogens is 3. The monoisotopic (exact) mass is 323 g/mol. The Kier molecular flexibility index (Phi) is 2.74. The molecule has 0 aliphatic carbocycles. The number of aromatic amines is 1. The molecule has 3 nitrogen and oxygen atoms in total. The van der Waals surface area contributed by atoms with E-state index in [1.807, 2.05) is 0 Å². The molecule has 1 aromatic heterocycles. The molecule has 0 spiro atoms. The highest BCUT2D eigenvalue weighted by atomic mass is 79.9. The SMILES string of the molecule is Nc1cc(F)ccc1-c1nc2cc(Br)c(F)cc2[nH]1. The van der Waals surface area contributed by atoms with Gasteiger partial charge in [0.25, 0.3) is 0 Å². The van der Waals surface area contributed by atoms with Crippen LogP contribution in [-0.4, -0.2) is 9.97 Å². The normalized spacial score (nSPS) is 11.1. The number of nitrogen functional groups attached to an aromatic ring is 1. The number of H-pyrrole nitrogens is 1. The Hall–Kier alpha value is -1.95. The Labute approximate surface area is 115 Å². The highest BCUT2D eigenvalue weighted by molar-refractivity contribution is 9.10. The molecule has 0 radical (unpaired) electrons. The summed E-state index contributed by atoms with van der Waals surface area (Å²) in [6, 6.07) is 6.97. The summed E-state index contributed by atoms with van der Waals surface area (Å²) in [4.78, 5) is 7.29. The Bertz CT molecular complexity index is 744. The van der Waals surface area contributed by atoms with Crippen LogP contribution < -0.4 is 5.73 Å². The van der Waals surface area contributed by atoms with Crippen LogP contribution in [0.25, 0.3) is 22.4 Å². The molecule has 3 N–H and O–H groups in total. The first-order chi connectivity index (χ1) is 9.04. The largest absolute Gasteiger partial charge is 0.398 e. The zero-order valence-corrected chi connectivity index (χ0v) is 11.1. The summed E-state index contributed by atoms with van der Waals surface area (Å²) in [6.07, 6.45) is 0. The van der Waals surface area contributed by atoms with E-state index in [-0.39, 0.29) is 11.5 Å². The summed E-state index contributed by atoms with van der Waals surface area (Å²) in [5.74, 6) is -0.314. The molecule has 0 saturated carbocycles. The zero-order chi connectivity index (χ0) is 13.6. The number of fused-ring (bicyclic) bond motifs is 1. The van der Waals surface area contributed by atoms with Gasteiger partial charge in [0, 0.05) is 17.3 Å². The van der Waals surface area contributed by atoms with Gasteiger partial charge in [-0.1, -0.05) is 0 Å². The van der Waals surface area contributed by atoms with Crippen molar-refractivity contribution in [3.63, 3.8) is 0 Å². The lowest BCUT2D eigenvalue weighted by Crippen LogP contribution is -1.92. The Morgan fingerprint density at radius 3 is 2.68 bits per heavy atom. The second-order valence-electron chi connectivity index (χ2n) is 4.10. The molecule has 0 aliphatic heterocycles. The number of anilines is 1. The summed E-state index contributed by atoms with van der Waals surface area (Å²) >= 11 is 3.10. The van der Waals surface area contributed by atoms with Crippen molar-refractivity contribution < 1.29 is 8.78 Å². The summed E-state index contributed by atoms with van der Waals surface area (Å²) < 4.78 is 26.8. The third-order valence-electron chi connectivity index (χ3n) is 2.79. The number of benzene rings is 2. The number of nitrogens with one attached hydrogen (secondary N) is 1. The zero-order valence-electron chi connectivity index (χ0n) is 9.55. The predicted molar refractivity (Wildman–Crippen MR) is 73.6 cm³/mol. The van der Waals surface area contributed by atoms with Crippen LogP contribution in [0.2, 0.25) is 0 Å². The van der Waals surface area contributed by atoms with Crippen molar-refractivity contribution in [2.24, 2.45) is 0 Å². The van der Waals surface area contributed by atoms with Crippen molar-refractivity contribution in [1.82, 2.24) is 9.97 Å². The van der Waals surface area contributed by atoms with Gasteiger partial charge in [-0.3, -0.25) is 0 Å². The summed E-state index contributed by atoms with van der Waals surface area (Å²) in [5, 5.41) is 0.